The van der Waals surface area contributed by atoms with Crippen LogP contribution in [0.5, 0.6) is 0 Å². The van der Waals surface area contributed by atoms with E-state index in [1.54, 1.807) is 0 Å². The van der Waals surface area contributed by atoms with E-state index in [1.807, 2.05) is 0 Å². The third-order valence-corrected chi connectivity index (χ3v) is 4.64. The highest BCUT2D eigenvalue weighted by Gasteiger charge is 2.18. The fourth-order valence-corrected chi connectivity index (χ4v) is 3.00. The van der Waals surface area contributed by atoms with E-state index >= 15 is 0 Å². The molecule has 1 nitrogen and oxygen atoms in total. The molecule has 0 aromatic heterocycles. The fourth-order valence-electron chi connectivity index (χ4n) is 2.48. The van der Waals surface area contributed by atoms with Crippen LogP contribution in [0.3, 0.4) is 0 Å². The van der Waals surface area contributed by atoms with E-state index in [1.165, 1.54) is 40.5 Å². The van der Waals surface area contributed by atoms with Gasteiger partial charge in [0, 0.05) is 15.3 Å². The number of rotatable bonds is 2. The van der Waals surface area contributed by atoms with Gasteiger partial charge in [0.05, 0.1) is 0 Å². The van der Waals surface area contributed by atoms with Gasteiger partial charge in [0.15, 0.2) is 0 Å². The minimum Gasteiger partial charge on any atom is -0.382 e. The standard InChI is InChI=1S/C14H20IN/c1-10-4-3-5-12(8-10)16-13-7-6-11(2)14(15)9-13/h6-7,9-10,12,16H,3-5,8H2,1-2H3. The van der Waals surface area contributed by atoms with Gasteiger partial charge in [-0.15, -0.1) is 0 Å². The number of aryl methyl sites for hydroxylation is 1. The van der Waals surface area contributed by atoms with Crippen molar-refractivity contribution in [3.63, 3.8) is 0 Å². The van der Waals surface area contributed by atoms with Crippen LogP contribution in [0.1, 0.15) is 38.2 Å². The highest BCUT2D eigenvalue weighted by Crippen LogP contribution is 2.27. The van der Waals surface area contributed by atoms with Gasteiger partial charge < -0.3 is 5.32 Å². The summed E-state index contributed by atoms with van der Waals surface area (Å²) in [5.41, 5.74) is 2.65. The monoisotopic (exact) mass is 329 g/mol. The molecule has 0 radical (unpaired) electrons. The Balaban J connectivity index is 2.00. The van der Waals surface area contributed by atoms with Crippen LogP contribution in [-0.4, -0.2) is 6.04 Å². The van der Waals surface area contributed by atoms with E-state index in [9.17, 15) is 0 Å². The molecule has 0 aliphatic heterocycles. The lowest BCUT2D eigenvalue weighted by atomic mass is 9.87. The van der Waals surface area contributed by atoms with Crippen LogP contribution in [0.4, 0.5) is 5.69 Å². The maximum absolute atomic E-state index is 3.67. The molecule has 1 fully saturated rings. The number of hydrogen-bond donors (Lipinski definition) is 1. The number of halogens is 1. The highest BCUT2D eigenvalue weighted by atomic mass is 127. The second-order valence-corrected chi connectivity index (χ2v) is 6.24. The van der Waals surface area contributed by atoms with Gasteiger partial charge in [0.2, 0.25) is 0 Å². The van der Waals surface area contributed by atoms with Crippen molar-refractivity contribution >= 4 is 28.3 Å². The zero-order valence-corrected chi connectivity index (χ0v) is 12.3. The van der Waals surface area contributed by atoms with Gasteiger partial charge in [-0.25, -0.2) is 0 Å². The molecule has 1 N–H and O–H groups in total. The zero-order valence-electron chi connectivity index (χ0n) is 10.1. The van der Waals surface area contributed by atoms with Gasteiger partial charge >= 0.3 is 0 Å². The first-order valence-electron chi connectivity index (χ1n) is 6.18. The first-order valence-corrected chi connectivity index (χ1v) is 7.25. The summed E-state index contributed by atoms with van der Waals surface area (Å²) in [5.74, 6) is 0.885. The molecule has 1 aliphatic rings. The largest absolute Gasteiger partial charge is 0.382 e. The van der Waals surface area contributed by atoms with E-state index in [2.05, 4.69) is 60.0 Å². The third kappa shape index (κ3) is 3.12. The Morgan fingerprint density at radius 2 is 2.12 bits per heavy atom. The van der Waals surface area contributed by atoms with Crippen molar-refractivity contribution in [2.45, 2.75) is 45.6 Å². The molecule has 1 aliphatic carbocycles. The van der Waals surface area contributed by atoms with Crippen molar-refractivity contribution in [1.82, 2.24) is 0 Å². The van der Waals surface area contributed by atoms with Crippen LogP contribution < -0.4 is 5.32 Å². The first-order chi connectivity index (χ1) is 7.65. The Morgan fingerprint density at radius 1 is 1.31 bits per heavy atom. The van der Waals surface area contributed by atoms with E-state index < -0.39 is 0 Å². The summed E-state index contributed by atoms with van der Waals surface area (Å²) in [7, 11) is 0. The summed E-state index contributed by atoms with van der Waals surface area (Å²) in [6.07, 6.45) is 5.44. The molecule has 16 heavy (non-hydrogen) atoms. The molecule has 0 bridgehead atoms. The topological polar surface area (TPSA) is 12.0 Å². The minimum atomic E-state index is 0.683. The summed E-state index contributed by atoms with van der Waals surface area (Å²) < 4.78 is 1.35. The second-order valence-electron chi connectivity index (χ2n) is 5.08. The molecule has 2 rings (SSSR count). The smallest absolute Gasteiger partial charge is 0.0353 e. The lowest BCUT2D eigenvalue weighted by molar-refractivity contribution is 0.358. The SMILES string of the molecule is Cc1ccc(NC2CCCC(C)C2)cc1I. The van der Waals surface area contributed by atoms with Crippen molar-refractivity contribution in [1.29, 1.82) is 0 Å². The Kier molecular flexibility index (Phi) is 4.11. The van der Waals surface area contributed by atoms with Crippen molar-refractivity contribution < 1.29 is 0 Å². The number of benzene rings is 1. The maximum atomic E-state index is 3.67. The van der Waals surface area contributed by atoms with Gasteiger partial charge in [-0.3, -0.25) is 0 Å². The summed E-state index contributed by atoms with van der Waals surface area (Å²) in [4.78, 5) is 0. The average Bonchev–Trinajstić information content (AvgIpc) is 2.24. The molecule has 1 aromatic carbocycles. The molecule has 0 amide bonds. The molecule has 2 atom stereocenters. The fraction of sp³-hybridized carbons (Fsp3) is 0.571. The van der Waals surface area contributed by atoms with Crippen LogP contribution in [-0.2, 0) is 0 Å². The van der Waals surface area contributed by atoms with E-state index in [0.717, 1.165) is 5.92 Å². The maximum Gasteiger partial charge on any atom is 0.0353 e. The summed E-state index contributed by atoms with van der Waals surface area (Å²) >= 11 is 2.41. The predicted octanol–water partition coefficient (Wildman–Crippen LogP) is 4.59. The molecule has 2 heteroatoms. The minimum absolute atomic E-state index is 0.683. The first kappa shape index (κ1) is 12.2. The van der Waals surface area contributed by atoms with Gasteiger partial charge in [0.1, 0.15) is 0 Å². The van der Waals surface area contributed by atoms with Crippen molar-refractivity contribution in [2.24, 2.45) is 5.92 Å². The molecule has 0 heterocycles. The number of hydrogen-bond acceptors (Lipinski definition) is 1. The molecule has 0 spiro atoms. The van der Waals surface area contributed by atoms with Gasteiger partial charge in [-0.05, 0) is 66.0 Å². The van der Waals surface area contributed by atoms with Crippen LogP contribution in [0.2, 0.25) is 0 Å². The average molecular weight is 329 g/mol. The molecular formula is C14H20IN. The third-order valence-electron chi connectivity index (χ3n) is 3.48. The second kappa shape index (κ2) is 5.39. The zero-order chi connectivity index (χ0) is 11.5. The Morgan fingerprint density at radius 3 is 2.81 bits per heavy atom. The van der Waals surface area contributed by atoms with Crippen LogP contribution in [0.25, 0.3) is 0 Å². The quantitative estimate of drug-likeness (QED) is 0.783. The van der Waals surface area contributed by atoms with Crippen LogP contribution in [0, 0.1) is 16.4 Å². The van der Waals surface area contributed by atoms with Gasteiger partial charge in [-0.2, -0.15) is 0 Å². The van der Waals surface area contributed by atoms with Crippen molar-refractivity contribution in [2.75, 3.05) is 5.32 Å². The number of nitrogens with one attached hydrogen (secondary N) is 1. The molecule has 1 aromatic rings. The van der Waals surface area contributed by atoms with Gasteiger partial charge in [-0.1, -0.05) is 25.8 Å². The van der Waals surface area contributed by atoms with Crippen molar-refractivity contribution in [3.05, 3.63) is 27.3 Å². The van der Waals surface area contributed by atoms with Crippen LogP contribution in [0.15, 0.2) is 18.2 Å². The van der Waals surface area contributed by atoms with Crippen LogP contribution >= 0.6 is 22.6 Å². The molecule has 2 unspecified atom stereocenters. The normalized spacial score (nSPS) is 25.4. The van der Waals surface area contributed by atoms with Crippen molar-refractivity contribution in [3.8, 4) is 0 Å². The molecular weight excluding hydrogens is 309 g/mol. The van der Waals surface area contributed by atoms with E-state index in [0.29, 0.717) is 6.04 Å². The van der Waals surface area contributed by atoms with E-state index in [4.69, 9.17) is 0 Å². The lowest BCUT2D eigenvalue weighted by Crippen LogP contribution is -2.26. The summed E-state index contributed by atoms with van der Waals surface area (Å²) in [6, 6.07) is 7.35. The molecule has 0 saturated heterocycles. The molecule has 1 saturated carbocycles. The Bertz CT molecular complexity index is 362. The Labute approximate surface area is 112 Å². The van der Waals surface area contributed by atoms with E-state index in [-0.39, 0.29) is 0 Å². The Hall–Kier alpha value is -0.250. The predicted molar refractivity (Wildman–Crippen MR) is 78.9 cm³/mol. The highest BCUT2D eigenvalue weighted by molar-refractivity contribution is 14.1. The van der Waals surface area contributed by atoms with Gasteiger partial charge in [0.25, 0.3) is 0 Å². The number of anilines is 1. The lowest BCUT2D eigenvalue weighted by Gasteiger charge is -2.28. The summed E-state index contributed by atoms with van der Waals surface area (Å²) in [6.45, 7) is 4.53. The molecule has 88 valence electrons. The summed E-state index contributed by atoms with van der Waals surface area (Å²) in [5, 5.41) is 3.67.